The molecule has 0 N–H and O–H groups in total. The summed E-state index contributed by atoms with van der Waals surface area (Å²) in [6, 6.07) is 15.7. The van der Waals surface area contributed by atoms with Crippen LogP contribution in [0.1, 0.15) is 143 Å². The molecule has 0 saturated heterocycles. The molecule has 0 aliphatic heterocycles. The largest absolute Gasteiger partial charge is 0.422 e. The monoisotopic (exact) mass is 501 g/mol. The third kappa shape index (κ3) is 9.66. The summed E-state index contributed by atoms with van der Waals surface area (Å²) in [5.74, 6) is 1.43. The molecule has 200 valence electrons. The molecule has 1 saturated carbocycles. The predicted molar refractivity (Wildman–Crippen MR) is 153 cm³/mol. The number of hydrogen-bond acceptors (Lipinski definition) is 3. The summed E-state index contributed by atoms with van der Waals surface area (Å²) in [5, 5.41) is 9.52. The summed E-state index contributed by atoms with van der Waals surface area (Å²) < 4.78 is 5.60. The molecule has 37 heavy (non-hydrogen) atoms. The maximum atomic E-state index is 12.8. The minimum atomic E-state index is -0.404. The lowest BCUT2D eigenvalue weighted by Gasteiger charge is -2.29. The normalized spacial score (nSPS) is 17.3. The van der Waals surface area contributed by atoms with Gasteiger partial charge in [-0.05, 0) is 85.8 Å². The van der Waals surface area contributed by atoms with Crippen LogP contribution in [0.3, 0.4) is 0 Å². The van der Waals surface area contributed by atoms with Crippen molar-refractivity contribution in [2.24, 2.45) is 5.92 Å². The van der Waals surface area contributed by atoms with Gasteiger partial charge in [-0.1, -0.05) is 96.3 Å². The molecular weight excluding hydrogens is 454 g/mol. The van der Waals surface area contributed by atoms with E-state index in [0.29, 0.717) is 22.8 Å². The van der Waals surface area contributed by atoms with E-state index in [1.807, 2.05) is 24.3 Å². The first-order valence-corrected chi connectivity index (χ1v) is 15.0. The molecule has 0 unspecified atom stereocenters. The van der Waals surface area contributed by atoms with Crippen LogP contribution in [0.2, 0.25) is 0 Å². The van der Waals surface area contributed by atoms with E-state index in [4.69, 9.17) is 4.74 Å². The second-order valence-electron chi connectivity index (χ2n) is 11.0. The average Bonchev–Trinajstić information content (AvgIpc) is 2.94. The minimum absolute atomic E-state index is 0.339. The summed E-state index contributed by atoms with van der Waals surface area (Å²) in [6.07, 6.45) is 20.9. The Morgan fingerprint density at radius 2 is 1.49 bits per heavy atom. The van der Waals surface area contributed by atoms with Crippen molar-refractivity contribution in [1.29, 1.82) is 5.26 Å². The van der Waals surface area contributed by atoms with Crippen LogP contribution in [0, 0.1) is 17.2 Å². The third-order valence-electron chi connectivity index (χ3n) is 8.12. The maximum Gasteiger partial charge on any atom is 0.343 e. The van der Waals surface area contributed by atoms with Crippen molar-refractivity contribution in [3.05, 3.63) is 64.7 Å². The van der Waals surface area contributed by atoms with Crippen LogP contribution >= 0.6 is 0 Å². The zero-order valence-corrected chi connectivity index (χ0v) is 23.3. The molecule has 0 heterocycles. The van der Waals surface area contributed by atoms with Gasteiger partial charge >= 0.3 is 5.97 Å². The summed E-state index contributed by atoms with van der Waals surface area (Å²) in [4.78, 5) is 12.8. The van der Waals surface area contributed by atoms with Crippen molar-refractivity contribution < 1.29 is 9.53 Å². The topological polar surface area (TPSA) is 50.1 Å². The number of aryl methyl sites for hydroxylation is 1. The van der Waals surface area contributed by atoms with E-state index in [9.17, 15) is 10.1 Å². The first kappa shape index (κ1) is 29.0. The standard InChI is InChI=1S/C34H47NO2/c1-3-5-7-8-9-10-11-12-14-27-15-18-29(19-16-27)30-20-22-31(23-21-30)34(36)37-33-24-17-28(13-6-4-2)25-32(33)26-35/h17,20-25,27,29H,3-16,18-19H2,1-2H3. The van der Waals surface area contributed by atoms with Gasteiger partial charge in [0.25, 0.3) is 0 Å². The third-order valence-corrected chi connectivity index (χ3v) is 8.12. The predicted octanol–water partition coefficient (Wildman–Crippen LogP) is 9.92. The lowest BCUT2D eigenvalue weighted by Crippen LogP contribution is -2.14. The zero-order chi connectivity index (χ0) is 26.3. The maximum absolute atomic E-state index is 12.8. The molecule has 1 aliphatic carbocycles. The number of esters is 1. The molecule has 0 atom stereocenters. The molecule has 2 aromatic rings. The second kappa shape index (κ2) is 16.3. The zero-order valence-electron chi connectivity index (χ0n) is 23.3. The van der Waals surface area contributed by atoms with E-state index in [1.165, 1.54) is 89.0 Å². The Morgan fingerprint density at radius 3 is 2.14 bits per heavy atom. The SMILES string of the molecule is CCCCCCCCCCC1CCC(c2ccc(C(=O)Oc3ccc(CCCC)cc3C#N)cc2)CC1. The van der Waals surface area contributed by atoms with Crippen molar-refractivity contribution >= 4 is 5.97 Å². The fourth-order valence-corrected chi connectivity index (χ4v) is 5.69. The molecule has 0 bridgehead atoms. The fourth-order valence-electron chi connectivity index (χ4n) is 5.69. The van der Waals surface area contributed by atoms with E-state index in [-0.39, 0.29) is 0 Å². The van der Waals surface area contributed by atoms with Crippen molar-refractivity contribution in [3.63, 3.8) is 0 Å². The number of nitrogens with zero attached hydrogens (tertiary/aromatic N) is 1. The lowest BCUT2D eigenvalue weighted by molar-refractivity contribution is 0.0734. The Balaban J connectivity index is 1.41. The van der Waals surface area contributed by atoms with E-state index in [0.717, 1.165) is 30.7 Å². The molecule has 3 rings (SSSR count). The second-order valence-corrected chi connectivity index (χ2v) is 11.0. The molecule has 0 spiro atoms. The molecular formula is C34H47NO2. The van der Waals surface area contributed by atoms with Gasteiger partial charge in [0, 0.05) is 0 Å². The number of unbranched alkanes of at least 4 members (excludes halogenated alkanes) is 8. The van der Waals surface area contributed by atoms with Crippen LogP contribution < -0.4 is 4.74 Å². The molecule has 0 radical (unpaired) electrons. The van der Waals surface area contributed by atoms with Gasteiger partial charge in [-0.2, -0.15) is 5.26 Å². The van der Waals surface area contributed by atoms with Gasteiger partial charge in [-0.15, -0.1) is 0 Å². The van der Waals surface area contributed by atoms with Crippen LogP contribution in [0.25, 0.3) is 0 Å². The first-order valence-electron chi connectivity index (χ1n) is 15.0. The molecule has 3 heteroatoms. The lowest BCUT2D eigenvalue weighted by atomic mass is 9.77. The van der Waals surface area contributed by atoms with Crippen molar-refractivity contribution in [3.8, 4) is 11.8 Å². The Hall–Kier alpha value is -2.60. The van der Waals surface area contributed by atoms with Crippen LogP contribution in [0.4, 0.5) is 0 Å². The first-order chi connectivity index (χ1) is 18.1. The number of rotatable bonds is 15. The van der Waals surface area contributed by atoms with Crippen molar-refractivity contribution in [2.45, 2.75) is 122 Å². The van der Waals surface area contributed by atoms with Gasteiger partial charge < -0.3 is 4.74 Å². The van der Waals surface area contributed by atoms with Gasteiger partial charge in [0.15, 0.2) is 0 Å². The molecule has 1 aliphatic rings. The molecule has 3 nitrogen and oxygen atoms in total. The van der Waals surface area contributed by atoms with Crippen molar-refractivity contribution in [1.82, 2.24) is 0 Å². The number of carbonyl (C=O) groups excluding carboxylic acids is 1. The quantitative estimate of drug-likeness (QED) is 0.139. The van der Waals surface area contributed by atoms with Crippen LogP contribution in [-0.4, -0.2) is 5.97 Å². The van der Waals surface area contributed by atoms with Gasteiger partial charge in [0.1, 0.15) is 11.8 Å². The van der Waals surface area contributed by atoms with Gasteiger partial charge in [-0.25, -0.2) is 4.79 Å². The molecule has 2 aromatic carbocycles. The summed E-state index contributed by atoms with van der Waals surface area (Å²) in [6.45, 7) is 4.43. The summed E-state index contributed by atoms with van der Waals surface area (Å²) >= 11 is 0. The molecule has 0 amide bonds. The highest BCUT2D eigenvalue weighted by Gasteiger charge is 2.22. The summed E-state index contributed by atoms with van der Waals surface area (Å²) in [7, 11) is 0. The average molecular weight is 502 g/mol. The van der Waals surface area contributed by atoms with E-state index >= 15 is 0 Å². The smallest absolute Gasteiger partial charge is 0.343 e. The Labute approximate surface area is 225 Å². The highest BCUT2D eigenvalue weighted by atomic mass is 16.5. The Bertz CT molecular complexity index is 980. The Morgan fingerprint density at radius 1 is 0.838 bits per heavy atom. The van der Waals surface area contributed by atoms with Crippen LogP contribution in [0.15, 0.2) is 42.5 Å². The number of hydrogen-bond donors (Lipinski definition) is 0. The van der Waals surface area contributed by atoms with Crippen LogP contribution in [0.5, 0.6) is 5.75 Å². The summed E-state index contributed by atoms with van der Waals surface area (Å²) in [5.41, 5.74) is 3.39. The Kier molecular flexibility index (Phi) is 12.7. The molecule has 1 fully saturated rings. The van der Waals surface area contributed by atoms with Crippen molar-refractivity contribution in [2.75, 3.05) is 0 Å². The number of ether oxygens (including phenoxy) is 1. The van der Waals surface area contributed by atoms with E-state index in [1.54, 1.807) is 6.07 Å². The fraction of sp³-hybridized carbons (Fsp3) is 0.588. The van der Waals surface area contributed by atoms with Crippen LogP contribution in [-0.2, 0) is 6.42 Å². The van der Waals surface area contributed by atoms with Gasteiger partial charge in [-0.3, -0.25) is 0 Å². The molecule has 0 aromatic heterocycles. The highest BCUT2D eigenvalue weighted by Crippen LogP contribution is 2.38. The highest BCUT2D eigenvalue weighted by molar-refractivity contribution is 5.91. The van der Waals surface area contributed by atoms with Gasteiger partial charge in [0.2, 0.25) is 0 Å². The van der Waals surface area contributed by atoms with E-state index < -0.39 is 5.97 Å². The van der Waals surface area contributed by atoms with Gasteiger partial charge in [0.05, 0.1) is 11.1 Å². The number of carbonyl (C=O) groups is 1. The van der Waals surface area contributed by atoms with E-state index in [2.05, 4.69) is 32.0 Å². The number of nitriles is 1. The number of benzene rings is 2. The minimum Gasteiger partial charge on any atom is -0.422 e.